The van der Waals surface area contributed by atoms with Crippen molar-refractivity contribution >= 4 is 11.6 Å². The van der Waals surface area contributed by atoms with Gasteiger partial charge in [-0.3, -0.25) is 0 Å². The summed E-state index contributed by atoms with van der Waals surface area (Å²) in [6, 6.07) is 7.23. The van der Waals surface area contributed by atoms with E-state index in [0.29, 0.717) is 11.6 Å². The minimum absolute atomic E-state index is 0.368. The zero-order valence-electron chi connectivity index (χ0n) is 7.87. The van der Waals surface area contributed by atoms with Gasteiger partial charge in [0.1, 0.15) is 12.4 Å². The molecule has 1 fully saturated rings. The highest BCUT2D eigenvalue weighted by Gasteiger charge is 2.35. The van der Waals surface area contributed by atoms with Gasteiger partial charge in [0.05, 0.1) is 5.60 Å². The Morgan fingerprint density at radius 1 is 1.43 bits per heavy atom. The van der Waals surface area contributed by atoms with Gasteiger partial charge >= 0.3 is 0 Å². The summed E-state index contributed by atoms with van der Waals surface area (Å²) in [5.74, 6) is 0.720. The number of benzene rings is 1. The van der Waals surface area contributed by atoms with Crippen LogP contribution in [0.4, 0.5) is 0 Å². The van der Waals surface area contributed by atoms with E-state index >= 15 is 0 Å². The largest absolute Gasteiger partial charge is 0.491 e. The van der Waals surface area contributed by atoms with Crippen LogP contribution in [-0.2, 0) is 0 Å². The van der Waals surface area contributed by atoms with Gasteiger partial charge in [0.2, 0.25) is 0 Å². The fourth-order valence-electron chi connectivity index (χ4n) is 1.50. The SMILES string of the molecule is OC1(COc2cccc(Cl)c2)CCC1. The van der Waals surface area contributed by atoms with Crippen LogP contribution in [0.5, 0.6) is 5.75 Å². The van der Waals surface area contributed by atoms with Crippen molar-refractivity contribution in [2.24, 2.45) is 0 Å². The Hall–Kier alpha value is -0.730. The lowest BCUT2D eigenvalue weighted by Gasteiger charge is -2.35. The molecule has 0 heterocycles. The summed E-state index contributed by atoms with van der Waals surface area (Å²) >= 11 is 5.80. The molecule has 2 rings (SSSR count). The van der Waals surface area contributed by atoms with Crippen LogP contribution >= 0.6 is 11.6 Å². The third kappa shape index (κ3) is 2.20. The molecule has 1 aromatic rings. The number of ether oxygens (including phenoxy) is 1. The molecule has 0 unspecified atom stereocenters. The lowest BCUT2D eigenvalue weighted by molar-refractivity contribution is -0.0663. The van der Waals surface area contributed by atoms with Crippen molar-refractivity contribution in [3.05, 3.63) is 29.3 Å². The molecule has 1 aliphatic carbocycles. The van der Waals surface area contributed by atoms with Gasteiger partial charge in [-0.1, -0.05) is 17.7 Å². The molecule has 0 saturated heterocycles. The van der Waals surface area contributed by atoms with Gasteiger partial charge in [-0.05, 0) is 37.5 Å². The van der Waals surface area contributed by atoms with E-state index in [0.717, 1.165) is 25.0 Å². The lowest BCUT2D eigenvalue weighted by atomic mass is 9.81. The zero-order chi connectivity index (χ0) is 10.0. The molecule has 0 atom stereocenters. The van der Waals surface area contributed by atoms with Crippen molar-refractivity contribution < 1.29 is 9.84 Å². The molecule has 1 aliphatic rings. The summed E-state index contributed by atoms with van der Waals surface area (Å²) in [7, 11) is 0. The molecular formula is C11H13ClO2. The Morgan fingerprint density at radius 3 is 2.79 bits per heavy atom. The molecule has 14 heavy (non-hydrogen) atoms. The highest BCUT2D eigenvalue weighted by atomic mass is 35.5. The summed E-state index contributed by atoms with van der Waals surface area (Å²) < 4.78 is 5.46. The molecule has 0 bridgehead atoms. The molecular weight excluding hydrogens is 200 g/mol. The van der Waals surface area contributed by atoms with E-state index in [1.165, 1.54) is 0 Å². The highest BCUT2D eigenvalue weighted by Crippen LogP contribution is 2.32. The van der Waals surface area contributed by atoms with Gasteiger partial charge < -0.3 is 9.84 Å². The second-order valence-corrected chi connectivity index (χ2v) is 4.26. The van der Waals surface area contributed by atoms with Crippen molar-refractivity contribution in [2.75, 3.05) is 6.61 Å². The summed E-state index contributed by atoms with van der Waals surface area (Å²) in [5.41, 5.74) is -0.595. The molecule has 0 spiro atoms. The molecule has 1 N–H and O–H groups in total. The Bertz CT molecular complexity index is 321. The van der Waals surface area contributed by atoms with Crippen LogP contribution in [0.15, 0.2) is 24.3 Å². The zero-order valence-corrected chi connectivity index (χ0v) is 8.63. The molecule has 0 aromatic heterocycles. The van der Waals surface area contributed by atoms with Crippen LogP contribution in [-0.4, -0.2) is 17.3 Å². The molecule has 1 aromatic carbocycles. The first-order valence-electron chi connectivity index (χ1n) is 4.79. The van der Waals surface area contributed by atoms with E-state index in [2.05, 4.69) is 0 Å². The highest BCUT2D eigenvalue weighted by molar-refractivity contribution is 6.30. The van der Waals surface area contributed by atoms with Crippen molar-refractivity contribution in [3.8, 4) is 5.75 Å². The number of aliphatic hydroxyl groups is 1. The maximum absolute atomic E-state index is 9.78. The quantitative estimate of drug-likeness (QED) is 0.835. The van der Waals surface area contributed by atoms with E-state index in [4.69, 9.17) is 16.3 Å². The monoisotopic (exact) mass is 212 g/mol. The Kier molecular flexibility index (Phi) is 2.66. The molecule has 0 radical (unpaired) electrons. The Labute approximate surface area is 88.5 Å². The lowest BCUT2D eigenvalue weighted by Crippen LogP contribution is -2.42. The van der Waals surface area contributed by atoms with Crippen LogP contribution in [0.1, 0.15) is 19.3 Å². The first kappa shape index (κ1) is 9.81. The average Bonchev–Trinajstić information content (AvgIpc) is 2.12. The maximum Gasteiger partial charge on any atom is 0.120 e. The van der Waals surface area contributed by atoms with Crippen LogP contribution in [0, 0.1) is 0 Å². The average molecular weight is 213 g/mol. The first-order chi connectivity index (χ1) is 6.68. The van der Waals surface area contributed by atoms with Crippen LogP contribution in [0.2, 0.25) is 5.02 Å². The molecule has 0 aliphatic heterocycles. The molecule has 3 heteroatoms. The van der Waals surface area contributed by atoms with Crippen molar-refractivity contribution in [3.63, 3.8) is 0 Å². The van der Waals surface area contributed by atoms with Crippen LogP contribution in [0.25, 0.3) is 0 Å². The summed E-state index contributed by atoms with van der Waals surface area (Å²) in [5, 5.41) is 10.4. The topological polar surface area (TPSA) is 29.5 Å². The van der Waals surface area contributed by atoms with Gasteiger partial charge in [-0.15, -0.1) is 0 Å². The summed E-state index contributed by atoms with van der Waals surface area (Å²) in [6.07, 6.45) is 2.77. The minimum Gasteiger partial charge on any atom is -0.491 e. The predicted molar refractivity (Wildman–Crippen MR) is 55.7 cm³/mol. The van der Waals surface area contributed by atoms with E-state index in [9.17, 15) is 5.11 Å². The number of halogens is 1. The van der Waals surface area contributed by atoms with Gasteiger partial charge in [0, 0.05) is 5.02 Å². The first-order valence-corrected chi connectivity index (χ1v) is 5.17. The molecule has 1 saturated carbocycles. The van der Waals surface area contributed by atoms with Crippen LogP contribution in [0.3, 0.4) is 0 Å². The van der Waals surface area contributed by atoms with E-state index < -0.39 is 5.60 Å². The standard InChI is InChI=1S/C11H13ClO2/c12-9-3-1-4-10(7-9)14-8-11(13)5-2-6-11/h1,3-4,7,13H,2,5-6,8H2. The maximum atomic E-state index is 9.78. The number of hydrogen-bond donors (Lipinski definition) is 1. The Balaban J connectivity index is 1.91. The van der Waals surface area contributed by atoms with Gasteiger partial charge in [-0.25, -0.2) is 0 Å². The van der Waals surface area contributed by atoms with Crippen molar-refractivity contribution in [2.45, 2.75) is 24.9 Å². The van der Waals surface area contributed by atoms with Gasteiger partial charge in [0.25, 0.3) is 0 Å². The van der Waals surface area contributed by atoms with Crippen molar-refractivity contribution in [1.29, 1.82) is 0 Å². The van der Waals surface area contributed by atoms with Crippen LogP contribution < -0.4 is 4.74 Å². The van der Waals surface area contributed by atoms with Crippen molar-refractivity contribution in [1.82, 2.24) is 0 Å². The second-order valence-electron chi connectivity index (χ2n) is 3.82. The van der Waals surface area contributed by atoms with Gasteiger partial charge in [0.15, 0.2) is 0 Å². The Morgan fingerprint density at radius 2 is 2.21 bits per heavy atom. The molecule has 2 nitrogen and oxygen atoms in total. The smallest absolute Gasteiger partial charge is 0.120 e. The van der Waals surface area contributed by atoms with E-state index in [-0.39, 0.29) is 0 Å². The number of hydrogen-bond acceptors (Lipinski definition) is 2. The fraction of sp³-hybridized carbons (Fsp3) is 0.455. The molecule has 76 valence electrons. The summed E-state index contributed by atoms with van der Waals surface area (Å²) in [6.45, 7) is 0.368. The number of rotatable bonds is 3. The third-order valence-corrected chi connectivity index (χ3v) is 2.82. The molecule has 0 amide bonds. The fourth-order valence-corrected chi connectivity index (χ4v) is 1.68. The third-order valence-electron chi connectivity index (χ3n) is 2.59. The summed E-state index contributed by atoms with van der Waals surface area (Å²) in [4.78, 5) is 0. The second kappa shape index (κ2) is 3.79. The van der Waals surface area contributed by atoms with Gasteiger partial charge in [-0.2, -0.15) is 0 Å². The predicted octanol–water partition coefficient (Wildman–Crippen LogP) is 2.63. The van der Waals surface area contributed by atoms with E-state index in [1.54, 1.807) is 12.1 Å². The minimum atomic E-state index is -0.595. The van der Waals surface area contributed by atoms with E-state index in [1.807, 2.05) is 12.1 Å². The normalized spacial score (nSPS) is 18.7.